The Morgan fingerprint density at radius 2 is 0.872 bits per heavy atom. The molecule has 5 heteroatoms. The Bertz CT molecular complexity index is 569. The Labute approximate surface area is 246 Å². The van der Waals surface area contributed by atoms with Crippen molar-refractivity contribution >= 4 is 0 Å². The third-order valence-electron chi connectivity index (χ3n) is 8.13. The zero-order chi connectivity index (χ0) is 29.4. The van der Waals surface area contributed by atoms with Gasteiger partial charge in [0.2, 0.25) is 0 Å². The van der Waals surface area contributed by atoms with Crippen molar-refractivity contribution in [2.24, 2.45) is 16.2 Å². The van der Waals surface area contributed by atoms with Crippen LogP contribution < -0.4 is 0 Å². The molecule has 39 heavy (non-hydrogen) atoms. The summed E-state index contributed by atoms with van der Waals surface area (Å²) in [5, 5.41) is 0. The van der Waals surface area contributed by atoms with E-state index in [1.165, 1.54) is 110 Å². The molecule has 0 aromatic heterocycles. The molecule has 0 N–H and O–H groups in total. The van der Waals surface area contributed by atoms with E-state index < -0.39 is 0 Å². The summed E-state index contributed by atoms with van der Waals surface area (Å²) in [6.07, 6.45) is 11.0. The molecule has 0 bridgehead atoms. The van der Waals surface area contributed by atoms with E-state index >= 15 is 0 Å². The van der Waals surface area contributed by atoms with Crippen molar-refractivity contribution in [3.05, 3.63) is 0 Å². The van der Waals surface area contributed by atoms with Gasteiger partial charge < -0.3 is 19.4 Å². The lowest BCUT2D eigenvalue weighted by molar-refractivity contribution is 0.0361. The van der Waals surface area contributed by atoms with E-state index in [4.69, 9.17) is 4.74 Å². The summed E-state index contributed by atoms with van der Waals surface area (Å²) in [4.78, 5) is 10.1. The van der Waals surface area contributed by atoms with Crippen molar-refractivity contribution < 1.29 is 4.74 Å². The van der Waals surface area contributed by atoms with E-state index in [0.717, 1.165) is 26.3 Å². The molecule has 0 saturated carbocycles. The lowest BCUT2D eigenvalue weighted by Crippen LogP contribution is -2.44. The Balaban J connectivity index is 0.000000293. The number of morpholine rings is 1. The van der Waals surface area contributed by atoms with Crippen LogP contribution in [0.2, 0.25) is 0 Å². The lowest BCUT2D eigenvalue weighted by atomic mass is 9.90. The van der Waals surface area contributed by atoms with Gasteiger partial charge in [-0.1, -0.05) is 68.7 Å². The summed E-state index contributed by atoms with van der Waals surface area (Å²) in [5.74, 6) is 0. The van der Waals surface area contributed by atoms with Crippen molar-refractivity contribution in [1.82, 2.24) is 19.6 Å². The van der Waals surface area contributed by atoms with Gasteiger partial charge in [-0.25, -0.2) is 0 Å². The smallest absolute Gasteiger partial charge is 0.0594 e. The minimum Gasteiger partial charge on any atom is -0.379 e. The standard InChI is InChI=1S/C12H26N2.C11H23NO.C11H23N/c1-12(2,3)6-5-7-14-10-8-13(4)9-11-14;1-11(2,3)5-4-6-12-7-9-13-10-8-12;1-11(2,3)7-10-12-8-5-4-6-9-12/h5-11H2,1-4H3;4-10H2,1-3H3;4-10H2,1-3H3. The predicted octanol–water partition coefficient (Wildman–Crippen LogP) is 7.11. The summed E-state index contributed by atoms with van der Waals surface area (Å²) >= 11 is 0. The summed E-state index contributed by atoms with van der Waals surface area (Å²) in [6.45, 7) is 36.6. The molecule has 3 rings (SSSR count). The molecule has 3 aliphatic rings. The van der Waals surface area contributed by atoms with Gasteiger partial charge in [-0.2, -0.15) is 0 Å². The molecule has 3 fully saturated rings. The van der Waals surface area contributed by atoms with E-state index in [1.54, 1.807) is 0 Å². The molecule has 0 radical (unpaired) electrons. The minimum absolute atomic E-state index is 0.492. The molecule has 3 heterocycles. The topological polar surface area (TPSA) is 22.2 Å². The van der Waals surface area contributed by atoms with Crippen molar-refractivity contribution in [1.29, 1.82) is 0 Å². The number of hydrogen-bond acceptors (Lipinski definition) is 5. The third-order valence-corrected chi connectivity index (χ3v) is 8.13. The molecule has 0 atom stereocenters. The van der Waals surface area contributed by atoms with Crippen LogP contribution in [-0.4, -0.2) is 112 Å². The lowest BCUT2D eigenvalue weighted by Gasteiger charge is -2.32. The van der Waals surface area contributed by atoms with Gasteiger partial charge in [0.25, 0.3) is 0 Å². The summed E-state index contributed by atoms with van der Waals surface area (Å²) in [5.41, 5.74) is 1.51. The molecule has 3 aliphatic heterocycles. The van der Waals surface area contributed by atoms with E-state index in [9.17, 15) is 0 Å². The second kappa shape index (κ2) is 19.1. The number of hydrogen-bond donors (Lipinski definition) is 0. The molecule has 0 unspecified atom stereocenters. The monoisotopic (exact) mass is 553 g/mol. The number of likely N-dealkylation sites (N-methyl/N-ethyl adjacent to an activating group) is 1. The molecule has 0 spiro atoms. The fourth-order valence-corrected chi connectivity index (χ4v) is 5.24. The first-order valence-electron chi connectivity index (χ1n) is 16.6. The van der Waals surface area contributed by atoms with Crippen molar-refractivity contribution in [2.75, 3.05) is 92.3 Å². The average Bonchev–Trinajstić information content (AvgIpc) is 2.84. The highest BCUT2D eigenvalue weighted by atomic mass is 16.5. The Morgan fingerprint density at radius 1 is 0.462 bits per heavy atom. The van der Waals surface area contributed by atoms with E-state index in [1.807, 2.05) is 0 Å². The number of ether oxygens (including phenoxy) is 1. The second-order valence-corrected chi connectivity index (χ2v) is 16.1. The number of piperazine rings is 1. The Hall–Kier alpha value is -0.200. The van der Waals surface area contributed by atoms with Gasteiger partial charge in [-0.05, 0) is 101 Å². The average molecular weight is 553 g/mol. The van der Waals surface area contributed by atoms with Crippen LogP contribution in [0, 0.1) is 16.2 Å². The van der Waals surface area contributed by atoms with Gasteiger partial charge in [0.05, 0.1) is 13.2 Å². The van der Waals surface area contributed by atoms with Crippen LogP contribution >= 0.6 is 0 Å². The molecule has 0 amide bonds. The van der Waals surface area contributed by atoms with Gasteiger partial charge in [0.15, 0.2) is 0 Å². The largest absolute Gasteiger partial charge is 0.379 e. The minimum atomic E-state index is 0.492. The second-order valence-electron chi connectivity index (χ2n) is 16.1. The fraction of sp³-hybridized carbons (Fsp3) is 1.00. The predicted molar refractivity (Wildman–Crippen MR) is 173 cm³/mol. The van der Waals surface area contributed by atoms with Gasteiger partial charge in [0, 0.05) is 39.3 Å². The molecule has 0 aliphatic carbocycles. The number of piperidine rings is 1. The maximum absolute atomic E-state index is 5.31. The highest BCUT2D eigenvalue weighted by molar-refractivity contribution is 4.71. The quantitative estimate of drug-likeness (QED) is 0.319. The highest BCUT2D eigenvalue weighted by Crippen LogP contribution is 2.22. The van der Waals surface area contributed by atoms with E-state index in [0.29, 0.717) is 16.2 Å². The van der Waals surface area contributed by atoms with Crippen LogP contribution in [0.3, 0.4) is 0 Å². The first kappa shape index (κ1) is 36.8. The van der Waals surface area contributed by atoms with Crippen LogP contribution in [0.15, 0.2) is 0 Å². The molecular formula is C34H72N4O. The molecule has 0 aromatic rings. The molecule has 3 saturated heterocycles. The van der Waals surface area contributed by atoms with Gasteiger partial charge in [0.1, 0.15) is 0 Å². The summed E-state index contributed by atoms with van der Waals surface area (Å²) in [7, 11) is 2.21. The number of likely N-dealkylation sites (tertiary alicyclic amines) is 1. The normalized spacial score (nSPS) is 21.1. The van der Waals surface area contributed by atoms with Crippen molar-refractivity contribution in [3.8, 4) is 0 Å². The molecule has 234 valence electrons. The first-order chi connectivity index (χ1) is 18.1. The molecule has 5 nitrogen and oxygen atoms in total. The van der Waals surface area contributed by atoms with Gasteiger partial charge >= 0.3 is 0 Å². The number of rotatable bonds is 8. The summed E-state index contributed by atoms with van der Waals surface area (Å²) in [6, 6.07) is 0. The van der Waals surface area contributed by atoms with Crippen molar-refractivity contribution in [2.45, 2.75) is 114 Å². The SMILES string of the molecule is CC(C)(C)CCCN1CCOCC1.CC(C)(C)CCN1CCCCC1.CN1CCN(CCCC(C)(C)C)CC1. The Kier molecular flexibility index (Phi) is 18.0. The molecular weight excluding hydrogens is 480 g/mol. The van der Waals surface area contributed by atoms with Crippen LogP contribution in [0.1, 0.15) is 114 Å². The summed E-state index contributed by atoms with van der Waals surface area (Å²) < 4.78 is 5.31. The van der Waals surface area contributed by atoms with E-state index in [2.05, 4.69) is 89.0 Å². The molecule has 0 aromatic carbocycles. The van der Waals surface area contributed by atoms with Gasteiger partial charge in [-0.3, -0.25) is 4.90 Å². The van der Waals surface area contributed by atoms with Crippen LogP contribution in [0.5, 0.6) is 0 Å². The fourth-order valence-electron chi connectivity index (χ4n) is 5.24. The van der Waals surface area contributed by atoms with Crippen LogP contribution in [0.4, 0.5) is 0 Å². The van der Waals surface area contributed by atoms with E-state index in [-0.39, 0.29) is 0 Å². The third kappa shape index (κ3) is 23.1. The van der Waals surface area contributed by atoms with Crippen LogP contribution in [0.25, 0.3) is 0 Å². The maximum atomic E-state index is 5.31. The Morgan fingerprint density at radius 3 is 1.31 bits per heavy atom. The highest BCUT2D eigenvalue weighted by Gasteiger charge is 2.16. The maximum Gasteiger partial charge on any atom is 0.0594 e. The van der Waals surface area contributed by atoms with Crippen molar-refractivity contribution in [3.63, 3.8) is 0 Å². The zero-order valence-electron chi connectivity index (χ0n) is 28.5. The number of nitrogens with zero attached hydrogens (tertiary/aromatic N) is 4. The van der Waals surface area contributed by atoms with Crippen LogP contribution in [-0.2, 0) is 4.74 Å². The van der Waals surface area contributed by atoms with Gasteiger partial charge in [-0.15, -0.1) is 0 Å². The zero-order valence-corrected chi connectivity index (χ0v) is 28.5. The first-order valence-corrected chi connectivity index (χ1v) is 16.6.